The van der Waals surface area contributed by atoms with E-state index in [4.69, 9.17) is 0 Å². The van der Waals surface area contributed by atoms with Gasteiger partial charge >= 0.3 is 0 Å². The summed E-state index contributed by atoms with van der Waals surface area (Å²) in [4.78, 5) is 0. The molecule has 0 bridgehead atoms. The summed E-state index contributed by atoms with van der Waals surface area (Å²) in [6.45, 7) is 0. The van der Waals surface area contributed by atoms with E-state index in [1.54, 1.807) is 0 Å². The van der Waals surface area contributed by atoms with Crippen molar-refractivity contribution in [3.05, 3.63) is 0 Å². The molecule has 0 spiro atoms. The van der Waals surface area contributed by atoms with Crippen LogP contribution >= 0.6 is 16.0 Å². The topological polar surface area (TPSA) is 0 Å². The van der Waals surface area contributed by atoms with Crippen molar-refractivity contribution in [2.24, 2.45) is 0 Å². The SMILES string of the molecule is P=S.P=S.S=S.S=S. The Bertz CT molecular complexity index is 14.5. The minimum Gasteiger partial charge on any atom is -0.0615 e. The van der Waals surface area contributed by atoms with Gasteiger partial charge in [0, 0.05) is 44.8 Å². The van der Waals surface area contributed by atoms with Crippen LogP contribution in [0.2, 0.25) is 0 Å². The summed E-state index contributed by atoms with van der Waals surface area (Å²) in [5.74, 6) is 0. The van der Waals surface area contributed by atoms with Gasteiger partial charge in [-0.15, -0.1) is 0 Å². The zero-order chi connectivity index (χ0) is 8.00. The van der Waals surface area contributed by atoms with Gasteiger partial charge < -0.3 is 0 Å². The molecule has 0 nitrogen and oxygen atoms in total. The third-order valence-corrected chi connectivity index (χ3v) is 0. The first-order valence-corrected chi connectivity index (χ1v) is 6.67. The van der Waals surface area contributed by atoms with Crippen LogP contribution in [0.1, 0.15) is 0 Å². The lowest BCUT2D eigenvalue weighted by Crippen LogP contribution is -0.710. The van der Waals surface area contributed by atoms with Crippen molar-refractivity contribution in [1.82, 2.24) is 0 Å². The van der Waals surface area contributed by atoms with Gasteiger partial charge in [-0.25, -0.2) is 0 Å². The lowest BCUT2D eigenvalue weighted by molar-refractivity contribution is 6.40. The van der Waals surface area contributed by atoms with Gasteiger partial charge in [0.15, 0.2) is 0 Å². The van der Waals surface area contributed by atoms with Gasteiger partial charge in [-0.3, -0.25) is 0 Å². The summed E-state index contributed by atoms with van der Waals surface area (Å²) in [5.41, 5.74) is 0. The van der Waals surface area contributed by atoms with E-state index < -0.39 is 0 Å². The van der Waals surface area contributed by atoms with Gasteiger partial charge in [-0.2, -0.15) is 0 Å². The lowest BCUT2D eigenvalue weighted by Gasteiger charge is -0.760. The Morgan fingerprint density at radius 3 is 0.500 bits per heavy atom. The van der Waals surface area contributed by atoms with Crippen LogP contribution in [0.3, 0.4) is 0 Å². The Morgan fingerprint density at radius 2 is 0.500 bits per heavy atom. The van der Waals surface area contributed by atoms with Gasteiger partial charge in [0.1, 0.15) is 0 Å². The number of rotatable bonds is 0. The number of hydrogen-bond donors (Lipinski definition) is 0. The third-order valence-electron chi connectivity index (χ3n) is 0. The second-order valence-corrected chi connectivity index (χ2v) is 0. The third kappa shape index (κ3) is 103. The molecule has 0 aromatic carbocycles. The molecule has 0 saturated heterocycles. The molecule has 0 radical (unpaired) electrons. The molecular weight excluding hydrogens is 254 g/mol. The summed E-state index contributed by atoms with van der Waals surface area (Å²) in [6.07, 6.45) is 0. The van der Waals surface area contributed by atoms with Crippen molar-refractivity contribution in [2.45, 2.75) is 0 Å². The summed E-state index contributed by atoms with van der Waals surface area (Å²) in [7, 11) is 5.11. The van der Waals surface area contributed by atoms with Crippen molar-refractivity contribution in [3.8, 4) is 0 Å². The molecule has 0 aliphatic rings. The number of hydrogen-bond acceptors (Lipinski definition) is 6. The highest BCUT2D eigenvalue weighted by Gasteiger charge is 0.709. The molecule has 0 aliphatic heterocycles. The Balaban J connectivity index is -0.0000000133. The van der Waals surface area contributed by atoms with Crippen LogP contribution in [0.25, 0.3) is 0 Å². The molecule has 0 aliphatic carbocycles. The van der Waals surface area contributed by atoms with Crippen LogP contribution in [0.15, 0.2) is 0 Å². The molecule has 8 heteroatoms. The monoisotopic (exact) mass is 256 g/mol. The maximum atomic E-state index is 3.89. The van der Waals surface area contributed by atoms with E-state index in [0.717, 1.165) is 0 Å². The predicted octanol–water partition coefficient (Wildman–Crippen LogP) is 1.17. The Hall–Kier alpha value is 1.92. The van der Waals surface area contributed by atoms with Crippen LogP contribution in [0.4, 0.5) is 0 Å². The lowest BCUT2D eigenvalue weighted by atomic mass is 30.6. The molecular formula is H2P2S6. The first-order valence-electron chi connectivity index (χ1n) is 0.742. The van der Waals surface area contributed by atoms with Crippen LogP contribution in [-0.2, 0) is 68.4 Å². The summed E-state index contributed by atoms with van der Waals surface area (Å²) in [6, 6.07) is 0. The first-order chi connectivity index (χ1) is 4.00. The fourth-order valence-corrected chi connectivity index (χ4v) is 0. The van der Waals surface area contributed by atoms with E-state index in [2.05, 4.69) is 84.4 Å². The molecule has 0 fully saturated rings. The van der Waals surface area contributed by atoms with Gasteiger partial charge in [-0.05, 0) is 16.0 Å². The average Bonchev–Trinajstić information content (AvgIpc) is 2.03. The quantitative estimate of drug-likeness (QED) is 0.593. The standard InChI is InChI=1S/2HPS.2S2/c4*1-2/h2*1H;;. The highest BCUT2D eigenvalue weighted by molar-refractivity contribution is 8.07. The highest BCUT2D eigenvalue weighted by atomic mass is 32.8. The molecule has 8 heavy (non-hydrogen) atoms. The molecule has 0 rings (SSSR count). The van der Waals surface area contributed by atoms with Crippen LogP contribution < -0.4 is 0 Å². The fourth-order valence-electron chi connectivity index (χ4n) is 0. The first kappa shape index (κ1) is 22.5. The molecule has 0 aromatic rings. The Morgan fingerprint density at radius 1 is 0.500 bits per heavy atom. The minimum atomic E-state index is 2.56. The summed E-state index contributed by atoms with van der Waals surface area (Å²) in [5, 5.41) is 0. The van der Waals surface area contributed by atoms with Crippen molar-refractivity contribution >= 4 is 84.4 Å². The van der Waals surface area contributed by atoms with E-state index in [0.29, 0.717) is 0 Å². The summed E-state index contributed by atoms with van der Waals surface area (Å²) >= 11 is 22.4. The van der Waals surface area contributed by atoms with Crippen molar-refractivity contribution in [3.63, 3.8) is 0 Å². The molecule has 0 saturated carbocycles. The Labute approximate surface area is 83.7 Å². The predicted molar refractivity (Wildman–Crippen MR) is 60.8 cm³/mol. The van der Waals surface area contributed by atoms with Crippen LogP contribution in [0, 0.1) is 0 Å². The second kappa shape index (κ2) is 152. The average molecular weight is 256 g/mol. The normalized spacial score (nSPS) is 2.00. The summed E-state index contributed by atoms with van der Waals surface area (Å²) < 4.78 is 0. The Kier molecular flexibility index (Phi) is 427. The zero-order valence-corrected chi connectivity index (χ0v) is 10.3. The van der Waals surface area contributed by atoms with E-state index in [9.17, 15) is 0 Å². The second-order valence-electron chi connectivity index (χ2n) is 0. The van der Waals surface area contributed by atoms with Gasteiger partial charge in [0.25, 0.3) is 0 Å². The molecule has 48 valence electrons. The van der Waals surface area contributed by atoms with Crippen molar-refractivity contribution < 1.29 is 0 Å². The smallest absolute Gasteiger partial charge is 0 e. The van der Waals surface area contributed by atoms with Crippen molar-refractivity contribution in [1.29, 1.82) is 0 Å². The van der Waals surface area contributed by atoms with E-state index >= 15 is 0 Å². The van der Waals surface area contributed by atoms with E-state index in [-0.39, 0.29) is 0 Å². The van der Waals surface area contributed by atoms with Crippen LogP contribution in [0.5, 0.6) is 0 Å². The van der Waals surface area contributed by atoms with E-state index in [1.807, 2.05) is 0 Å². The molecule has 0 amide bonds. The molecule has 0 aromatic heterocycles. The highest BCUT2D eigenvalue weighted by Crippen LogP contribution is 1.26. The molecule has 0 heterocycles. The molecule has 0 N–H and O–H groups in total. The maximum absolute atomic E-state index is 3.89. The minimum absolute atomic E-state index is 2.56. The van der Waals surface area contributed by atoms with Gasteiger partial charge in [0.05, 0.1) is 0 Å². The largest absolute Gasteiger partial charge is 0.0615 e. The van der Waals surface area contributed by atoms with Crippen LogP contribution in [-0.4, -0.2) is 0 Å². The zero-order valence-electron chi connectivity index (χ0n) is 3.45. The maximum Gasteiger partial charge on any atom is 0 e. The van der Waals surface area contributed by atoms with E-state index in [1.165, 1.54) is 0 Å². The molecule has 0 unspecified atom stereocenters. The van der Waals surface area contributed by atoms with Gasteiger partial charge in [-0.1, -0.05) is 23.6 Å². The van der Waals surface area contributed by atoms with Gasteiger partial charge in [0.2, 0.25) is 0 Å². The fraction of sp³-hybridized carbons (Fsp3) is 0. The van der Waals surface area contributed by atoms with Crippen molar-refractivity contribution in [2.75, 3.05) is 0 Å². The molecule has 0 atom stereocenters.